The van der Waals surface area contributed by atoms with Crippen LogP contribution >= 0.6 is 0 Å². The summed E-state index contributed by atoms with van der Waals surface area (Å²) in [6, 6.07) is 0. The van der Waals surface area contributed by atoms with Crippen LogP contribution in [0, 0.1) is 5.41 Å². The number of amides is 1. The molecular formula is C9H19ClNNaO4. The molecule has 0 heterocycles. The number of rotatable bonds is 6. The minimum Gasteiger partial charge on any atom is -1.00 e. The molecule has 0 bridgehead atoms. The van der Waals surface area contributed by atoms with Crippen LogP contribution in [0.5, 0.6) is 0 Å². The smallest absolute Gasteiger partial charge is 1.00 e. The number of aliphatic hydroxyl groups excluding tert-OH is 3. The molecule has 0 aliphatic heterocycles. The number of carbonyl (C=O) groups is 1. The Morgan fingerprint density at radius 3 is 2.25 bits per heavy atom. The van der Waals surface area contributed by atoms with E-state index in [0.717, 1.165) is 0 Å². The van der Waals surface area contributed by atoms with Crippen molar-refractivity contribution in [1.82, 2.24) is 5.32 Å². The third-order valence-electron chi connectivity index (χ3n) is 2.03. The average Bonchev–Trinajstić information content (AvgIpc) is 2.17. The molecule has 92 valence electrons. The molecule has 0 aliphatic rings. The zero-order valence-electron chi connectivity index (χ0n) is 10.0. The molecule has 16 heavy (non-hydrogen) atoms. The average molecular weight is 264 g/mol. The van der Waals surface area contributed by atoms with Gasteiger partial charge in [-0.15, -0.1) is 0 Å². The van der Waals surface area contributed by atoms with E-state index in [2.05, 4.69) is 5.32 Å². The molecule has 0 aromatic heterocycles. The van der Waals surface area contributed by atoms with Gasteiger partial charge in [-0.05, 0) is 6.42 Å². The Hall–Kier alpha value is 0.640. The molecule has 0 radical (unpaired) electrons. The van der Waals surface area contributed by atoms with Gasteiger partial charge in [0.05, 0.1) is 6.61 Å². The van der Waals surface area contributed by atoms with Gasteiger partial charge in [-0.2, -0.15) is 0 Å². The summed E-state index contributed by atoms with van der Waals surface area (Å²) < 4.78 is 0. The molecule has 0 saturated carbocycles. The Morgan fingerprint density at radius 1 is 1.38 bits per heavy atom. The number of carbonyl (C=O) groups excluding carboxylic acids is 1. The number of hydrogen-bond donors (Lipinski definition) is 4. The first kappa shape index (κ1) is 21.9. The van der Waals surface area contributed by atoms with Crippen LogP contribution in [0.3, 0.4) is 0 Å². The topological polar surface area (TPSA) is 89.8 Å². The van der Waals surface area contributed by atoms with Gasteiger partial charge in [0, 0.05) is 18.6 Å². The molecule has 0 aromatic rings. The molecule has 0 unspecified atom stereocenters. The minimum atomic E-state index is -1.23. The summed E-state index contributed by atoms with van der Waals surface area (Å²) in [5.74, 6) is -0.516. The van der Waals surface area contributed by atoms with Gasteiger partial charge in [0.1, 0.15) is 6.10 Å². The molecule has 0 saturated heterocycles. The van der Waals surface area contributed by atoms with Crippen molar-refractivity contribution in [2.45, 2.75) is 26.4 Å². The summed E-state index contributed by atoms with van der Waals surface area (Å²) in [4.78, 5) is 11.3. The predicted octanol–water partition coefficient (Wildman–Crippen LogP) is -7.13. The van der Waals surface area contributed by atoms with Crippen LogP contribution in [-0.4, -0.2) is 47.1 Å². The van der Waals surface area contributed by atoms with Crippen molar-refractivity contribution in [1.29, 1.82) is 0 Å². The van der Waals surface area contributed by atoms with Crippen molar-refractivity contribution in [2.24, 2.45) is 5.41 Å². The summed E-state index contributed by atoms with van der Waals surface area (Å²) in [6.07, 6.45) is -0.774. The maximum Gasteiger partial charge on any atom is 1.00 e. The molecule has 5 nitrogen and oxygen atoms in total. The minimum absolute atomic E-state index is 0. The van der Waals surface area contributed by atoms with Crippen molar-refractivity contribution in [3.05, 3.63) is 0 Å². The zero-order chi connectivity index (χ0) is 11.2. The number of halogens is 1. The van der Waals surface area contributed by atoms with Crippen molar-refractivity contribution in [3.63, 3.8) is 0 Å². The largest absolute Gasteiger partial charge is 1.00 e. The van der Waals surface area contributed by atoms with Gasteiger partial charge in [0.25, 0.3) is 0 Å². The van der Waals surface area contributed by atoms with E-state index in [1.807, 2.05) is 0 Å². The second kappa shape index (κ2) is 10.8. The van der Waals surface area contributed by atoms with E-state index in [9.17, 15) is 9.90 Å². The van der Waals surface area contributed by atoms with Crippen LogP contribution < -0.4 is 47.3 Å². The molecule has 0 aromatic carbocycles. The van der Waals surface area contributed by atoms with Crippen molar-refractivity contribution in [2.75, 3.05) is 19.8 Å². The van der Waals surface area contributed by atoms with Crippen LogP contribution in [0.1, 0.15) is 20.3 Å². The molecule has 4 N–H and O–H groups in total. The quantitative estimate of drug-likeness (QED) is 0.283. The molecule has 1 amide bonds. The maximum atomic E-state index is 11.3. The molecule has 0 aliphatic carbocycles. The van der Waals surface area contributed by atoms with E-state index in [4.69, 9.17) is 10.2 Å². The van der Waals surface area contributed by atoms with Gasteiger partial charge in [0.2, 0.25) is 5.91 Å². The van der Waals surface area contributed by atoms with Gasteiger partial charge >= 0.3 is 29.6 Å². The van der Waals surface area contributed by atoms with E-state index >= 15 is 0 Å². The Balaban J connectivity index is -0.000000845. The van der Waals surface area contributed by atoms with E-state index in [-0.39, 0.29) is 55.2 Å². The SMILES string of the molecule is CC(C)(CO)[C@H](O)C(=O)NCCCO.[Cl-].[Na+]. The Kier molecular flexibility index (Phi) is 14.7. The molecule has 1 atom stereocenters. The third kappa shape index (κ3) is 7.84. The van der Waals surface area contributed by atoms with E-state index in [0.29, 0.717) is 13.0 Å². The fraction of sp³-hybridized carbons (Fsp3) is 0.889. The summed E-state index contributed by atoms with van der Waals surface area (Å²) >= 11 is 0. The van der Waals surface area contributed by atoms with Crippen molar-refractivity contribution in [3.8, 4) is 0 Å². The first-order valence-electron chi connectivity index (χ1n) is 4.63. The summed E-state index contributed by atoms with van der Waals surface area (Å²) in [7, 11) is 0. The number of nitrogens with one attached hydrogen (secondary N) is 1. The standard InChI is InChI=1S/C9H19NO4.ClH.Na/c1-9(2,6-12)7(13)8(14)10-4-3-5-11;;/h7,11-13H,3-6H2,1-2H3,(H,10,14);1H;/q;;+1/p-1/t7-;;/m1../s1. The second-order valence-electron chi connectivity index (χ2n) is 3.92. The molecule has 0 rings (SSSR count). The Labute approximate surface area is 124 Å². The van der Waals surface area contributed by atoms with Gasteiger partial charge < -0.3 is 33.0 Å². The maximum absolute atomic E-state index is 11.3. The van der Waals surface area contributed by atoms with Crippen LogP contribution in [0.15, 0.2) is 0 Å². The predicted molar refractivity (Wildman–Crippen MR) is 51.6 cm³/mol. The van der Waals surface area contributed by atoms with Crippen molar-refractivity contribution >= 4 is 5.91 Å². The van der Waals surface area contributed by atoms with E-state index in [1.54, 1.807) is 13.8 Å². The van der Waals surface area contributed by atoms with Crippen LogP contribution in [0.25, 0.3) is 0 Å². The monoisotopic (exact) mass is 263 g/mol. The van der Waals surface area contributed by atoms with Crippen LogP contribution in [0.2, 0.25) is 0 Å². The van der Waals surface area contributed by atoms with Crippen LogP contribution in [-0.2, 0) is 4.79 Å². The van der Waals surface area contributed by atoms with Gasteiger partial charge in [-0.1, -0.05) is 13.8 Å². The molecule has 7 heteroatoms. The summed E-state index contributed by atoms with van der Waals surface area (Å²) in [5, 5.41) is 29.3. The zero-order valence-corrected chi connectivity index (χ0v) is 12.8. The van der Waals surface area contributed by atoms with Gasteiger partial charge in [-0.3, -0.25) is 4.79 Å². The Morgan fingerprint density at radius 2 is 1.88 bits per heavy atom. The first-order valence-corrected chi connectivity index (χ1v) is 4.63. The summed E-state index contributed by atoms with van der Waals surface area (Å²) in [5.41, 5.74) is -0.844. The number of aliphatic hydroxyl groups is 3. The van der Waals surface area contributed by atoms with E-state index < -0.39 is 17.4 Å². The van der Waals surface area contributed by atoms with E-state index in [1.165, 1.54) is 0 Å². The third-order valence-corrected chi connectivity index (χ3v) is 2.03. The second-order valence-corrected chi connectivity index (χ2v) is 3.92. The van der Waals surface area contributed by atoms with Gasteiger partial charge in [-0.25, -0.2) is 0 Å². The molecule has 0 fully saturated rings. The number of hydrogen-bond acceptors (Lipinski definition) is 4. The van der Waals surface area contributed by atoms with Crippen molar-refractivity contribution < 1.29 is 62.1 Å². The van der Waals surface area contributed by atoms with Gasteiger partial charge in [0.15, 0.2) is 0 Å². The first-order chi connectivity index (χ1) is 6.45. The van der Waals surface area contributed by atoms with Crippen LogP contribution in [0.4, 0.5) is 0 Å². The Bertz CT molecular complexity index is 192. The molecule has 0 spiro atoms. The summed E-state index contributed by atoms with van der Waals surface area (Å²) in [6.45, 7) is 3.27. The molecular weight excluding hydrogens is 245 g/mol. The fourth-order valence-corrected chi connectivity index (χ4v) is 0.829. The fourth-order valence-electron chi connectivity index (χ4n) is 0.829. The normalized spacial score (nSPS) is 12.1.